The molecular formula is C14H22N2O3S. The molecule has 0 aromatic heterocycles. The minimum atomic E-state index is -3.61. The molecule has 0 radical (unpaired) electrons. The fourth-order valence-electron chi connectivity index (χ4n) is 1.92. The van der Waals surface area contributed by atoms with Gasteiger partial charge in [-0.05, 0) is 30.5 Å². The van der Waals surface area contributed by atoms with Crippen LogP contribution in [0.25, 0.3) is 0 Å². The van der Waals surface area contributed by atoms with Gasteiger partial charge in [-0.3, -0.25) is 4.79 Å². The molecule has 0 unspecified atom stereocenters. The van der Waals surface area contributed by atoms with Gasteiger partial charge in [0, 0.05) is 12.1 Å². The smallest absolute Gasteiger partial charge is 0.249 e. The van der Waals surface area contributed by atoms with Gasteiger partial charge in [-0.25, -0.2) is 13.1 Å². The summed E-state index contributed by atoms with van der Waals surface area (Å²) < 4.78 is 27.0. The van der Waals surface area contributed by atoms with Crippen molar-refractivity contribution in [3.05, 3.63) is 29.3 Å². The predicted molar refractivity (Wildman–Crippen MR) is 79.0 cm³/mol. The lowest BCUT2D eigenvalue weighted by molar-refractivity contribution is 0.0999. The lowest BCUT2D eigenvalue weighted by atomic mass is 10.0. The normalized spacial score (nSPS) is 11.8. The second-order valence-corrected chi connectivity index (χ2v) is 6.64. The van der Waals surface area contributed by atoms with Crippen LogP contribution < -0.4 is 10.5 Å². The monoisotopic (exact) mass is 298 g/mol. The Morgan fingerprint density at radius 3 is 2.40 bits per heavy atom. The summed E-state index contributed by atoms with van der Waals surface area (Å²) in [7, 11) is -3.61. The van der Waals surface area contributed by atoms with Crippen molar-refractivity contribution in [3.8, 4) is 0 Å². The van der Waals surface area contributed by atoms with Crippen LogP contribution >= 0.6 is 0 Å². The Bertz CT molecular complexity index is 578. The maximum Gasteiger partial charge on any atom is 0.249 e. The fourth-order valence-corrected chi connectivity index (χ4v) is 3.06. The minimum Gasteiger partial charge on any atom is -0.366 e. The van der Waals surface area contributed by atoms with Crippen molar-refractivity contribution in [3.63, 3.8) is 0 Å². The summed E-state index contributed by atoms with van der Waals surface area (Å²) in [5, 5.41) is 0. The van der Waals surface area contributed by atoms with Gasteiger partial charge in [0.05, 0.1) is 4.90 Å². The number of carbonyl (C=O) groups excluding carboxylic acids is 1. The van der Waals surface area contributed by atoms with Gasteiger partial charge in [0.1, 0.15) is 0 Å². The van der Waals surface area contributed by atoms with E-state index in [1.165, 1.54) is 12.1 Å². The van der Waals surface area contributed by atoms with Gasteiger partial charge in [-0.2, -0.15) is 0 Å². The molecule has 1 aromatic carbocycles. The fraction of sp³-hybridized carbons (Fsp3) is 0.500. The van der Waals surface area contributed by atoms with Crippen molar-refractivity contribution in [1.29, 1.82) is 0 Å². The number of carbonyl (C=O) groups is 1. The molecule has 0 saturated carbocycles. The summed E-state index contributed by atoms with van der Waals surface area (Å²) in [6.45, 7) is 6.17. The molecule has 0 aliphatic rings. The molecule has 5 nitrogen and oxygen atoms in total. The molecule has 1 rings (SSSR count). The van der Waals surface area contributed by atoms with Gasteiger partial charge in [0.15, 0.2) is 0 Å². The molecule has 0 fully saturated rings. The Labute approximate surface area is 120 Å². The van der Waals surface area contributed by atoms with E-state index in [1.54, 1.807) is 13.0 Å². The second-order valence-electron chi connectivity index (χ2n) is 4.88. The van der Waals surface area contributed by atoms with E-state index in [1.807, 2.05) is 13.8 Å². The summed E-state index contributed by atoms with van der Waals surface area (Å²) in [5.74, 6) is -0.314. The third-order valence-corrected chi connectivity index (χ3v) is 4.92. The van der Waals surface area contributed by atoms with Gasteiger partial charge >= 0.3 is 0 Å². The van der Waals surface area contributed by atoms with Crippen LogP contribution in [-0.4, -0.2) is 20.9 Å². The Morgan fingerprint density at radius 1 is 1.30 bits per heavy atom. The molecule has 1 amide bonds. The maximum atomic E-state index is 12.2. The standard InChI is InChI=1S/C14H22N2O3S/c1-4-11(5-2)9-16-20(18,19)12-7-6-10(3)13(8-12)14(15)17/h6-8,11,16H,4-5,9H2,1-3H3,(H2,15,17). The molecule has 3 N–H and O–H groups in total. The molecule has 112 valence electrons. The Hall–Kier alpha value is -1.40. The van der Waals surface area contributed by atoms with Crippen LogP contribution in [0.3, 0.4) is 0 Å². The van der Waals surface area contributed by atoms with Crippen molar-refractivity contribution >= 4 is 15.9 Å². The third kappa shape index (κ3) is 4.05. The minimum absolute atomic E-state index is 0.0721. The van der Waals surface area contributed by atoms with Crippen LogP contribution in [0.2, 0.25) is 0 Å². The number of amides is 1. The van der Waals surface area contributed by atoms with E-state index in [-0.39, 0.29) is 10.5 Å². The molecule has 0 aliphatic carbocycles. The first-order valence-electron chi connectivity index (χ1n) is 6.71. The number of nitrogens with two attached hydrogens (primary N) is 1. The SMILES string of the molecule is CCC(CC)CNS(=O)(=O)c1ccc(C)c(C(N)=O)c1. The number of nitrogens with one attached hydrogen (secondary N) is 1. The Morgan fingerprint density at radius 2 is 1.90 bits per heavy atom. The highest BCUT2D eigenvalue weighted by Crippen LogP contribution is 2.16. The van der Waals surface area contributed by atoms with Gasteiger partial charge in [0.25, 0.3) is 0 Å². The molecule has 0 aliphatic heterocycles. The summed E-state index contributed by atoms with van der Waals surface area (Å²) in [6.07, 6.45) is 1.83. The van der Waals surface area contributed by atoms with Crippen molar-refractivity contribution in [2.75, 3.05) is 6.54 Å². The first kappa shape index (κ1) is 16.7. The number of primary amides is 1. The van der Waals surface area contributed by atoms with Crippen molar-refractivity contribution in [1.82, 2.24) is 4.72 Å². The number of hydrogen-bond acceptors (Lipinski definition) is 3. The highest BCUT2D eigenvalue weighted by Gasteiger charge is 2.18. The average molecular weight is 298 g/mol. The zero-order chi connectivity index (χ0) is 15.3. The molecule has 0 heterocycles. The number of benzene rings is 1. The molecule has 6 heteroatoms. The van der Waals surface area contributed by atoms with Crippen molar-refractivity contribution in [2.45, 2.75) is 38.5 Å². The van der Waals surface area contributed by atoms with E-state index in [0.29, 0.717) is 18.0 Å². The summed E-state index contributed by atoms with van der Waals surface area (Å²) in [4.78, 5) is 11.3. The average Bonchev–Trinajstić information content (AvgIpc) is 2.39. The van der Waals surface area contributed by atoms with Gasteiger partial charge < -0.3 is 5.73 Å². The first-order chi connectivity index (χ1) is 9.31. The van der Waals surface area contributed by atoms with Crippen molar-refractivity contribution in [2.24, 2.45) is 11.7 Å². The molecule has 0 bridgehead atoms. The van der Waals surface area contributed by atoms with Crippen LogP contribution in [0.4, 0.5) is 0 Å². The predicted octanol–water partition coefficient (Wildman–Crippen LogP) is 1.81. The second kappa shape index (κ2) is 6.85. The summed E-state index contributed by atoms with van der Waals surface area (Å²) in [6, 6.07) is 4.40. The van der Waals surface area contributed by atoms with Crippen LogP contribution in [0.5, 0.6) is 0 Å². The number of hydrogen-bond donors (Lipinski definition) is 2. The zero-order valence-corrected chi connectivity index (χ0v) is 13.0. The van der Waals surface area contributed by atoms with E-state index in [4.69, 9.17) is 5.73 Å². The molecular weight excluding hydrogens is 276 g/mol. The quantitative estimate of drug-likeness (QED) is 0.804. The number of sulfonamides is 1. The van der Waals surface area contributed by atoms with E-state index in [0.717, 1.165) is 12.8 Å². The zero-order valence-electron chi connectivity index (χ0n) is 12.1. The van der Waals surface area contributed by atoms with E-state index in [9.17, 15) is 13.2 Å². The lowest BCUT2D eigenvalue weighted by Gasteiger charge is -2.14. The molecule has 20 heavy (non-hydrogen) atoms. The Kier molecular flexibility index (Phi) is 5.71. The van der Waals surface area contributed by atoms with E-state index in [2.05, 4.69) is 4.72 Å². The van der Waals surface area contributed by atoms with Gasteiger partial charge in [-0.1, -0.05) is 32.8 Å². The van der Waals surface area contributed by atoms with Crippen LogP contribution in [-0.2, 0) is 10.0 Å². The highest BCUT2D eigenvalue weighted by molar-refractivity contribution is 7.89. The number of aryl methyl sites for hydroxylation is 1. The molecule has 0 atom stereocenters. The molecule has 0 spiro atoms. The molecule has 1 aromatic rings. The maximum absolute atomic E-state index is 12.2. The first-order valence-corrected chi connectivity index (χ1v) is 8.20. The van der Waals surface area contributed by atoms with Crippen LogP contribution in [0.15, 0.2) is 23.1 Å². The Balaban J connectivity index is 2.98. The third-order valence-electron chi connectivity index (χ3n) is 3.50. The van der Waals surface area contributed by atoms with Crippen LogP contribution in [0.1, 0.15) is 42.6 Å². The van der Waals surface area contributed by atoms with E-state index < -0.39 is 15.9 Å². The van der Waals surface area contributed by atoms with E-state index >= 15 is 0 Å². The summed E-state index contributed by atoms with van der Waals surface area (Å²) >= 11 is 0. The van der Waals surface area contributed by atoms with Gasteiger partial charge in [-0.15, -0.1) is 0 Å². The van der Waals surface area contributed by atoms with Gasteiger partial charge in [0.2, 0.25) is 15.9 Å². The van der Waals surface area contributed by atoms with Crippen LogP contribution in [0, 0.1) is 12.8 Å². The number of rotatable bonds is 7. The van der Waals surface area contributed by atoms with Crippen molar-refractivity contribution < 1.29 is 13.2 Å². The highest BCUT2D eigenvalue weighted by atomic mass is 32.2. The lowest BCUT2D eigenvalue weighted by Crippen LogP contribution is -2.29. The summed E-state index contributed by atoms with van der Waals surface area (Å²) in [5.41, 5.74) is 6.13. The largest absolute Gasteiger partial charge is 0.366 e. The molecule has 0 saturated heterocycles. The topological polar surface area (TPSA) is 89.3 Å².